The number of primary amides is 1. The van der Waals surface area contributed by atoms with Crippen LogP contribution in [-0.2, 0) is 0 Å². The number of nitrogens with zero attached hydrogens (tertiary/aromatic N) is 2. The van der Waals surface area contributed by atoms with Crippen molar-refractivity contribution < 1.29 is 14.3 Å². The van der Waals surface area contributed by atoms with Crippen molar-refractivity contribution in [2.45, 2.75) is 39.2 Å². The molecule has 0 aliphatic rings. The smallest absolute Gasteiger partial charge is 0.252 e. The first-order valence-corrected chi connectivity index (χ1v) is 9.70. The van der Waals surface area contributed by atoms with Crippen LogP contribution in [0.5, 0.6) is 5.75 Å². The average molecular weight is 401 g/mol. The molecule has 9 heteroatoms. The summed E-state index contributed by atoms with van der Waals surface area (Å²) in [6, 6.07) is 6.67. The summed E-state index contributed by atoms with van der Waals surface area (Å²) in [5.74, 6) is 1.24. The van der Waals surface area contributed by atoms with Crippen LogP contribution < -0.4 is 16.4 Å². The number of rotatable bonds is 8. The summed E-state index contributed by atoms with van der Waals surface area (Å²) in [4.78, 5) is 11.4. The summed E-state index contributed by atoms with van der Waals surface area (Å²) < 4.78 is 14.3. The molecule has 5 N–H and O–H groups in total. The Morgan fingerprint density at radius 3 is 2.71 bits per heavy atom. The number of aromatic nitrogens is 2. The summed E-state index contributed by atoms with van der Waals surface area (Å²) in [7, 11) is 0. The molecule has 0 saturated carbocycles. The van der Waals surface area contributed by atoms with Crippen LogP contribution in [-0.4, -0.2) is 19.8 Å². The third-order valence-electron chi connectivity index (χ3n) is 4.41. The van der Waals surface area contributed by atoms with E-state index in [2.05, 4.69) is 33.2 Å². The highest BCUT2D eigenvalue weighted by atomic mass is 32.1. The van der Waals surface area contributed by atoms with Gasteiger partial charge in [-0.3, -0.25) is 4.79 Å². The highest BCUT2D eigenvalue weighted by molar-refractivity contribution is 6.99. The van der Waals surface area contributed by atoms with Crippen molar-refractivity contribution in [3.05, 3.63) is 47.4 Å². The molecule has 8 nitrogen and oxygen atoms in total. The second kappa shape index (κ2) is 8.30. The Morgan fingerprint density at radius 2 is 2.07 bits per heavy atom. The molecule has 1 amide bonds. The number of hydrogen-bond donors (Lipinski definition) is 4. The summed E-state index contributed by atoms with van der Waals surface area (Å²) in [5.41, 5.74) is 6.77. The fourth-order valence-corrected chi connectivity index (χ4v) is 3.20. The van der Waals surface area contributed by atoms with Gasteiger partial charge in [-0.25, -0.2) is 0 Å². The molecule has 1 aromatic carbocycles. The minimum absolute atomic E-state index is 0.0333. The van der Waals surface area contributed by atoms with Gasteiger partial charge in [0.1, 0.15) is 5.76 Å². The van der Waals surface area contributed by atoms with E-state index in [1.165, 1.54) is 6.07 Å². The van der Waals surface area contributed by atoms with Crippen molar-refractivity contribution >= 4 is 35.0 Å². The van der Waals surface area contributed by atoms with Crippen molar-refractivity contribution in [2.24, 2.45) is 5.73 Å². The minimum atomic E-state index is -0.708. The lowest BCUT2D eigenvalue weighted by atomic mass is 10.1. The molecule has 0 aliphatic carbocycles. The predicted molar refractivity (Wildman–Crippen MR) is 109 cm³/mol. The average Bonchev–Trinajstić information content (AvgIpc) is 3.31. The molecule has 0 saturated heterocycles. The number of furan rings is 1. The van der Waals surface area contributed by atoms with Crippen LogP contribution in [0.4, 0.5) is 17.3 Å². The molecule has 28 heavy (non-hydrogen) atoms. The van der Waals surface area contributed by atoms with E-state index >= 15 is 0 Å². The number of anilines is 3. The first kappa shape index (κ1) is 19.7. The zero-order valence-electron chi connectivity index (χ0n) is 15.9. The van der Waals surface area contributed by atoms with Crippen LogP contribution in [0.25, 0.3) is 0 Å². The van der Waals surface area contributed by atoms with Crippen molar-refractivity contribution in [3.63, 3.8) is 0 Å². The van der Waals surface area contributed by atoms with E-state index in [4.69, 9.17) is 10.2 Å². The van der Waals surface area contributed by atoms with Crippen LogP contribution in [0.1, 0.15) is 60.8 Å². The number of amides is 1. The van der Waals surface area contributed by atoms with Gasteiger partial charge in [0, 0.05) is 0 Å². The van der Waals surface area contributed by atoms with E-state index in [1.54, 1.807) is 18.4 Å². The van der Waals surface area contributed by atoms with Crippen molar-refractivity contribution in [3.8, 4) is 5.75 Å². The molecular formula is C19H23N5O3S. The van der Waals surface area contributed by atoms with Crippen LogP contribution in [0, 0.1) is 0 Å². The number of hydrogen-bond acceptors (Lipinski definition) is 8. The summed E-state index contributed by atoms with van der Waals surface area (Å²) in [6.07, 6.45) is 2.56. The van der Waals surface area contributed by atoms with Gasteiger partial charge in [-0.1, -0.05) is 26.8 Å². The lowest BCUT2D eigenvalue weighted by Crippen LogP contribution is -2.12. The molecule has 2 heterocycles. The lowest BCUT2D eigenvalue weighted by molar-refractivity contribution is 0.0998. The van der Waals surface area contributed by atoms with E-state index in [0.717, 1.165) is 29.5 Å². The molecule has 0 unspecified atom stereocenters. The Hall–Kier alpha value is -3.07. The standard InChI is InChI=1S/C19H23N5O3S/c1-4-13(15-8-11(9-27-15)10(2)3)21-18-19(24-28-23-18)22-14-7-5-6-12(16(14)25)17(20)26/h5-10,13,25H,4H2,1-3H3,(H2,20,26)(H,21,23)(H,22,24)/t13-/m1/s1. The molecule has 148 valence electrons. The SMILES string of the molecule is CC[C@@H](Nc1nsnc1Nc1cccc(C(N)=O)c1O)c1cc(C(C)C)co1. The van der Waals surface area contributed by atoms with Gasteiger partial charge in [0.15, 0.2) is 17.4 Å². The van der Waals surface area contributed by atoms with E-state index in [0.29, 0.717) is 23.2 Å². The van der Waals surface area contributed by atoms with E-state index in [9.17, 15) is 9.90 Å². The van der Waals surface area contributed by atoms with E-state index in [1.807, 2.05) is 13.0 Å². The first-order valence-electron chi connectivity index (χ1n) is 8.96. The van der Waals surface area contributed by atoms with E-state index in [-0.39, 0.29) is 17.4 Å². The molecule has 0 spiro atoms. The number of carbonyl (C=O) groups excluding carboxylic acids is 1. The quantitative estimate of drug-likeness (QED) is 0.413. The number of nitrogens with two attached hydrogens (primary N) is 1. The summed E-state index contributed by atoms with van der Waals surface area (Å²) >= 11 is 1.03. The van der Waals surface area contributed by atoms with Crippen molar-refractivity contribution in [1.82, 2.24) is 8.75 Å². The van der Waals surface area contributed by atoms with Gasteiger partial charge in [0.25, 0.3) is 5.91 Å². The van der Waals surface area contributed by atoms with Crippen LogP contribution in [0.2, 0.25) is 0 Å². The van der Waals surface area contributed by atoms with Crippen LogP contribution >= 0.6 is 11.7 Å². The molecule has 2 aromatic heterocycles. The van der Waals surface area contributed by atoms with Gasteiger partial charge in [-0.05, 0) is 36.1 Å². The number of aromatic hydroxyl groups is 1. The Bertz CT molecular complexity index is 966. The number of nitrogens with one attached hydrogen (secondary N) is 2. The topological polar surface area (TPSA) is 126 Å². The Balaban J connectivity index is 1.81. The van der Waals surface area contributed by atoms with E-state index < -0.39 is 5.91 Å². The normalized spacial score (nSPS) is 12.1. The largest absolute Gasteiger partial charge is 0.505 e. The van der Waals surface area contributed by atoms with Gasteiger partial charge >= 0.3 is 0 Å². The number of para-hydroxylation sites is 1. The van der Waals surface area contributed by atoms with Gasteiger partial charge in [0.2, 0.25) is 0 Å². The molecule has 0 fully saturated rings. The molecule has 1 atom stereocenters. The van der Waals surface area contributed by atoms with Gasteiger partial charge < -0.3 is 25.9 Å². The number of phenols is 1. The third kappa shape index (κ3) is 4.09. The Labute approximate surface area is 167 Å². The monoisotopic (exact) mass is 401 g/mol. The number of benzene rings is 1. The fourth-order valence-electron chi connectivity index (χ4n) is 2.73. The first-order chi connectivity index (χ1) is 13.4. The zero-order chi connectivity index (χ0) is 20.3. The number of carbonyl (C=O) groups is 1. The highest BCUT2D eigenvalue weighted by Crippen LogP contribution is 2.34. The maximum Gasteiger partial charge on any atom is 0.252 e. The summed E-state index contributed by atoms with van der Waals surface area (Å²) in [5, 5.41) is 16.6. The molecule has 3 rings (SSSR count). The highest BCUT2D eigenvalue weighted by Gasteiger charge is 2.20. The second-order valence-corrected chi connectivity index (χ2v) is 7.22. The van der Waals surface area contributed by atoms with Gasteiger partial charge in [0.05, 0.1) is 35.3 Å². The molecule has 0 aliphatic heterocycles. The maximum absolute atomic E-state index is 11.4. The van der Waals surface area contributed by atoms with Crippen molar-refractivity contribution in [2.75, 3.05) is 10.6 Å². The minimum Gasteiger partial charge on any atom is -0.505 e. The maximum atomic E-state index is 11.4. The fraction of sp³-hybridized carbons (Fsp3) is 0.316. The third-order valence-corrected chi connectivity index (χ3v) is 4.94. The molecule has 0 radical (unpaired) electrons. The predicted octanol–water partition coefficient (Wildman–Crippen LogP) is 4.37. The second-order valence-electron chi connectivity index (χ2n) is 6.69. The Kier molecular flexibility index (Phi) is 5.84. The van der Waals surface area contributed by atoms with Crippen LogP contribution in [0.3, 0.4) is 0 Å². The van der Waals surface area contributed by atoms with Gasteiger partial charge in [-0.15, -0.1) is 0 Å². The summed E-state index contributed by atoms with van der Waals surface area (Å²) in [6.45, 7) is 6.27. The van der Waals surface area contributed by atoms with Crippen LogP contribution in [0.15, 0.2) is 34.9 Å². The lowest BCUT2D eigenvalue weighted by Gasteiger charge is -2.15. The Morgan fingerprint density at radius 1 is 1.32 bits per heavy atom. The molecule has 3 aromatic rings. The molecule has 0 bridgehead atoms. The van der Waals surface area contributed by atoms with Gasteiger partial charge in [-0.2, -0.15) is 8.75 Å². The zero-order valence-corrected chi connectivity index (χ0v) is 16.7. The molecular weight excluding hydrogens is 378 g/mol. The van der Waals surface area contributed by atoms with Crippen molar-refractivity contribution in [1.29, 1.82) is 0 Å².